The van der Waals surface area contributed by atoms with Crippen molar-refractivity contribution in [3.63, 3.8) is 0 Å². The number of hydrogen-bond acceptors (Lipinski definition) is 3. The molecule has 1 saturated heterocycles. The fourth-order valence-electron chi connectivity index (χ4n) is 3.43. The third-order valence-electron chi connectivity index (χ3n) is 5.10. The Hall–Kier alpha value is -0.120. The maximum Gasteiger partial charge on any atom is 0.0726 e. The van der Waals surface area contributed by atoms with Gasteiger partial charge in [0.15, 0.2) is 0 Å². The molecule has 1 saturated carbocycles. The molecular formula is C15H29NO2. The second-order valence-electron chi connectivity index (χ2n) is 6.10. The van der Waals surface area contributed by atoms with Crippen molar-refractivity contribution in [1.82, 2.24) is 5.32 Å². The van der Waals surface area contributed by atoms with Gasteiger partial charge in [-0.1, -0.05) is 13.8 Å². The van der Waals surface area contributed by atoms with Crippen LogP contribution < -0.4 is 5.32 Å². The van der Waals surface area contributed by atoms with Crippen LogP contribution in [0, 0.1) is 5.41 Å². The highest BCUT2D eigenvalue weighted by molar-refractivity contribution is 5.05. The molecule has 18 heavy (non-hydrogen) atoms. The molecule has 2 rings (SSSR count). The Morgan fingerprint density at radius 1 is 1.44 bits per heavy atom. The highest BCUT2D eigenvalue weighted by Gasteiger charge is 2.51. The Labute approximate surface area is 112 Å². The summed E-state index contributed by atoms with van der Waals surface area (Å²) in [7, 11) is 0. The molecular weight excluding hydrogens is 226 g/mol. The van der Waals surface area contributed by atoms with Crippen LogP contribution in [0.2, 0.25) is 0 Å². The van der Waals surface area contributed by atoms with Gasteiger partial charge in [0.05, 0.1) is 12.2 Å². The van der Waals surface area contributed by atoms with Crippen molar-refractivity contribution >= 4 is 0 Å². The smallest absolute Gasteiger partial charge is 0.0726 e. The van der Waals surface area contributed by atoms with Gasteiger partial charge in [0.1, 0.15) is 0 Å². The van der Waals surface area contributed by atoms with Gasteiger partial charge in [0.25, 0.3) is 0 Å². The number of rotatable bonds is 6. The van der Waals surface area contributed by atoms with E-state index in [0.29, 0.717) is 29.7 Å². The van der Waals surface area contributed by atoms with E-state index < -0.39 is 0 Å². The van der Waals surface area contributed by atoms with Crippen molar-refractivity contribution in [2.75, 3.05) is 13.2 Å². The second-order valence-corrected chi connectivity index (χ2v) is 6.10. The Morgan fingerprint density at radius 2 is 2.22 bits per heavy atom. The van der Waals surface area contributed by atoms with Crippen LogP contribution in [-0.2, 0) is 9.47 Å². The third-order valence-corrected chi connectivity index (χ3v) is 5.10. The Kier molecular flexibility index (Phi) is 4.68. The summed E-state index contributed by atoms with van der Waals surface area (Å²) in [5.74, 6) is 0. The molecule has 1 N–H and O–H groups in total. The van der Waals surface area contributed by atoms with Crippen LogP contribution in [0.25, 0.3) is 0 Å². The average Bonchev–Trinajstić information content (AvgIpc) is 2.90. The maximum absolute atomic E-state index is 5.85. The molecule has 1 heterocycles. The van der Waals surface area contributed by atoms with Crippen LogP contribution in [0.5, 0.6) is 0 Å². The fourth-order valence-corrected chi connectivity index (χ4v) is 3.43. The largest absolute Gasteiger partial charge is 0.378 e. The predicted molar refractivity (Wildman–Crippen MR) is 73.8 cm³/mol. The minimum atomic E-state index is 0.295. The molecule has 0 spiro atoms. The van der Waals surface area contributed by atoms with Crippen LogP contribution in [0.15, 0.2) is 0 Å². The van der Waals surface area contributed by atoms with E-state index in [-0.39, 0.29) is 0 Å². The van der Waals surface area contributed by atoms with E-state index in [1.807, 2.05) is 0 Å². The van der Waals surface area contributed by atoms with Gasteiger partial charge in [-0.3, -0.25) is 0 Å². The Balaban J connectivity index is 1.86. The van der Waals surface area contributed by atoms with E-state index in [1.54, 1.807) is 0 Å². The first-order chi connectivity index (χ1) is 8.61. The van der Waals surface area contributed by atoms with Crippen molar-refractivity contribution in [3.8, 4) is 0 Å². The standard InChI is InChI=1S/C15H29NO2/c1-5-15(4)13(10-14(15)17-6-2)16-11(3)12-8-7-9-18-12/h11-14,16H,5-10H2,1-4H3. The second kappa shape index (κ2) is 5.89. The lowest BCUT2D eigenvalue weighted by atomic mass is 9.61. The van der Waals surface area contributed by atoms with E-state index in [4.69, 9.17) is 9.47 Å². The summed E-state index contributed by atoms with van der Waals surface area (Å²) in [6.07, 6.45) is 5.59. The van der Waals surface area contributed by atoms with Crippen LogP contribution >= 0.6 is 0 Å². The van der Waals surface area contributed by atoms with E-state index in [9.17, 15) is 0 Å². The molecule has 0 aromatic heterocycles. The minimum Gasteiger partial charge on any atom is -0.378 e. The molecule has 2 aliphatic rings. The molecule has 0 aromatic carbocycles. The van der Waals surface area contributed by atoms with Gasteiger partial charge < -0.3 is 14.8 Å². The van der Waals surface area contributed by atoms with Crippen LogP contribution in [0.4, 0.5) is 0 Å². The van der Waals surface area contributed by atoms with Crippen molar-refractivity contribution in [2.24, 2.45) is 5.41 Å². The topological polar surface area (TPSA) is 30.5 Å². The monoisotopic (exact) mass is 255 g/mol. The SMILES string of the molecule is CCOC1CC(NC(C)C2CCCO2)C1(C)CC. The molecule has 0 aromatic rings. The molecule has 3 nitrogen and oxygen atoms in total. The van der Waals surface area contributed by atoms with Crippen molar-refractivity contribution in [1.29, 1.82) is 0 Å². The Bertz CT molecular complexity index is 265. The number of nitrogens with one attached hydrogen (secondary N) is 1. The van der Waals surface area contributed by atoms with Crippen LogP contribution in [0.1, 0.15) is 53.4 Å². The minimum absolute atomic E-state index is 0.295. The summed E-state index contributed by atoms with van der Waals surface area (Å²) < 4.78 is 11.6. The lowest BCUT2D eigenvalue weighted by molar-refractivity contribution is -0.130. The molecule has 0 radical (unpaired) electrons. The lowest BCUT2D eigenvalue weighted by Crippen LogP contribution is -2.64. The van der Waals surface area contributed by atoms with E-state index in [2.05, 4.69) is 33.0 Å². The Morgan fingerprint density at radius 3 is 2.78 bits per heavy atom. The number of ether oxygens (including phenoxy) is 2. The molecule has 2 fully saturated rings. The van der Waals surface area contributed by atoms with Gasteiger partial charge in [-0.15, -0.1) is 0 Å². The van der Waals surface area contributed by atoms with E-state index in [0.717, 1.165) is 19.6 Å². The highest BCUT2D eigenvalue weighted by atomic mass is 16.5. The van der Waals surface area contributed by atoms with Gasteiger partial charge in [-0.05, 0) is 39.5 Å². The zero-order valence-electron chi connectivity index (χ0n) is 12.4. The van der Waals surface area contributed by atoms with Crippen molar-refractivity contribution in [3.05, 3.63) is 0 Å². The zero-order valence-corrected chi connectivity index (χ0v) is 12.4. The molecule has 1 aliphatic carbocycles. The van der Waals surface area contributed by atoms with Crippen LogP contribution in [-0.4, -0.2) is 37.5 Å². The lowest BCUT2D eigenvalue weighted by Gasteiger charge is -2.54. The molecule has 0 bridgehead atoms. The average molecular weight is 255 g/mol. The molecule has 5 atom stereocenters. The van der Waals surface area contributed by atoms with Crippen molar-refractivity contribution < 1.29 is 9.47 Å². The van der Waals surface area contributed by atoms with E-state index >= 15 is 0 Å². The van der Waals surface area contributed by atoms with Gasteiger partial charge in [0.2, 0.25) is 0 Å². The van der Waals surface area contributed by atoms with Gasteiger partial charge in [-0.2, -0.15) is 0 Å². The predicted octanol–water partition coefficient (Wildman–Crippen LogP) is 2.74. The summed E-state index contributed by atoms with van der Waals surface area (Å²) in [4.78, 5) is 0. The van der Waals surface area contributed by atoms with Gasteiger partial charge >= 0.3 is 0 Å². The number of hydrogen-bond donors (Lipinski definition) is 1. The van der Waals surface area contributed by atoms with Crippen LogP contribution in [0.3, 0.4) is 0 Å². The first-order valence-corrected chi connectivity index (χ1v) is 7.61. The fraction of sp³-hybridized carbons (Fsp3) is 1.00. The zero-order chi connectivity index (χ0) is 13.2. The highest BCUT2D eigenvalue weighted by Crippen LogP contribution is 2.46. The molecule has 1 aliphatic heterocycles. The molecule has 3 heteroatoms. The summed E-state index contributed by atoms with van der Waals surface area (Å²) in [5, 5.41) is 3.78. The van der Waals surface area contributed by atoms with Gasteiger partial charge in [-0.25, -0.2) is 0 Å². The molecule has 0 amide bonds. The van der Waals surface area contributed by atoms with Crippen molar-refractivity contribution in [2.45, 2.75) is 77.7 Å². The summed E-state index contributed by atoms with van der Waals surface area (Å²) in [5.41, 5.74) is 0.295. The first-order valence-electron chi connectivity index (χ1n) is 7.61. The summed E-state index contributed by atoms with van der Waals surface area (Å²) in [6.45, 7) is 10.8. The summed E-state index contributed by atoms with van der Waals surface area (Å²) in [6, 6.07) is 1.05. The van der Waals surface area contributed by atoms with E-state index in [1.165, 1.54) is 19.3 Å². The third kappa shape index (κ3) is 2.59. The maximum atomic E-state index is 5.85. The first kappa shape index (κ1) is 14.3. The molecule has 106 valence electrons. The van der Waals surface area contributed by atoms with Gasteiger partial charge in [0, 0.05) is 30.7 Å². The summed E-state index contributed by atoms with van der Waals surface area (Å²) >= 11 is 0. The quantitative estimate of drug-likeness (QED) is 0.791. The molecule has 5 unspecified atom stereocenters. The normalized spacial score (nSPS) is 41.7.